The minimum Gasteiger partial charge on any atom is -0.370 e. The zero-order chi connectivity index (χ0) is 13.3. The van der Waals surface area contributed by atoms with E-state index in [1.165, 1.54) is 38.5 Å². The van der Waals surface area contributed by atoms with Gasteiger partial charge in [-0.1, -0.05) is 19.3 Å². The predicted octanol–water partition coefficient (Wildman–Crippen LogP) is 1.82. The standard InChI is InChI=1S/C15H26N2O2/c16-12-4-5-14(18)17(10-12)11-13-6-9-15(19-13)7-2-1-3-8-15/h12-13H,1-11,16H2. The van der Waals surface area contributed by atoms with Crippen molar-refractivity contribution in [3.05, 3.63) is 0 Å². The molecule has 2 atom stereocenters. The molecule has 2 unspecified atom stereocenters. The summed E-state index contributed by atoms with van der Waals surface area (Å²) in [5, 5.41) is 0. The molecule has 2 heterocycles. The van der Waals surface area contributed by atoms with Gasteiger partial charge in [-0.2, -0.15) is 0 Å². The summed E-state index contributed by atoms with van der Waals surface area (Å²) in [6.45, 7) is 1.47. The van der Waals surface area contributed by atoms with Crippen LogP contribution in [-0.4, -0.2) is 41.6 Å². The normalized spacial score (nSPS) is 35.0. The second-order valence-corrected chi connectivity index (χ2v) is 6.62. The Bertz CT molecular complexity index is 339. The van der Waals surface area contributed by atoms with Crippen LogP contribution in [0.15, 0.2) is 0 Å². The fourth-order valence-electron chi connectivity index (χ4n) is 3.95. The Morgan fingerprint density at radius 2 is 2.00 bits per heavy atom. The molecule has 1 saturated carbocycles. The van der Waals surface area contributed by atoms with Crippen molar-refractivity contribution in [2.24, 2.45) is 5.73 Å². The van der Waals surface area contributed by atoms with Crippen molar-refractivity contribution < 1.29 is 9.53 Å². The van der Waals surface area contributed by atoms with Crippen LogP contribution in [0.25, 0.3) is 0 Å². The summed E-state index contributed by atoms with van der Waals surface area (Å²) in [5.74, 6) is 0.259. The van der Waals surface area contributed by atoms with Gasteiger partial charge >= 0.3 is 0 Å². The van der Waals surface area contributed by atoms with Gasteiger partial charge in [0.05, 0.1) is 11.7 Å². The van der Waals surface area contributed by atoms with E-state index in [2.05, 4.69) is 0 Å². The average Bonchev–Trinajstić information content (AvgIpc) is 2.78. The van der Waals surface area contributed by atoms with E-state index in [9.17, 15) is 4.79 Å². The van der Waals surface area contributed by atoms with Crippen molar-refractivity contribution in [1.29, 1.82) is 0 Å². The number of carbonyl (C=O) groups is 1. The lowest BCUT2D eigenvalue weighted by Crippen LogP contribution is -2.49. The lowest BCUT2D eigenvalue weighted by Gasteiger charge is -2.35. The molecule has 2 N–H and O–H groups in total. The minimum atomic E-state index is 0.155. The zero-order valence-electron chi connectivity index (χ0n) is 11.8. The summed E-state index contributed by atoms with van der Waals surface area (Å²) < 4.78 is 6.34. The predicted molar refractivity (Wildman–Crippen MR) is 73.7 cm³/mol. The summed E-state index contributed by atoms with van der Waals surface area (Å²) >= 11 is 0. The zero-order valence-corrected chi connectivity index (χ0v) is 11.8. The Labute approximate surface area is 115 Å². The lowest BCUT2D eigenvalue weighted by molar-refractivity contribution is -0.137. The highest BCUT2D eigenvalue weighted by Gasteiger charge is 2.41. The lowest BCUT2D eigenvalue weighted by atomic mass is 9.83. The van der Waals surface area contributed by atoms with E-state index in [1.54, 1.807) is 0 Å². The van der Waals surface area contributed by atoms with Gasteiger partial charge in [-0.3, -0.25) is 4.79 Å². The van der Waals surface area contributed by atoms with Crippen LogP contribution in [0, 0.1) is 0 Å². The van der Waals surface area contributed by atoms with Gasteiger partial charge in [0.25, 0.3) is 0 Å². The van der Waals surface area contributed by atoms with Gasteiger partial charge in [0.2, 0.25) is 5.91 Å². The maximum Gasteiger partial charge on any atom is 0.222 e. The van der Waals surface area contributed by atoms with Crippen LogP contribution >= 0.6 is 0 Å². The molecule has 1 amide bonds. The molecule has 108 valence electrons. The third-order valence-electron chi connectivity index (χ3n) is 5.06. The smallest absolute Gasteiger partial charge is 0.222 e. The van der Waals surface area contributed by atoms with Crippen LogP contribution in [0.2, 0.25) is 0 Å². The summed E-state index contributed by atoms with van der Waals surface area (Å²) in [6.07, 6.45) is 10.4. The number of ether oxygens (including phenoxy) is 1. The van der Waals surface area contributed by atoms with Crippen LogP contribution in [0.4, 0.5) is 0 Å². The fraction of sp³-hybridized carbons (Fsp3) is 0.933. The van der Waals surface area contributed by atoms with Crippen LogP contribution in [0.3, 0.4) is 0 Å². The van der Waals surface area contributed by atoms with Crippen LogP contribution < -0.4 is 5.73 Å². The van der Waals surface area contributed by atoms with Crippen LogP contribution in [0.5, 0.6) is 0 Å². The van der Waals surface area contributed by atoms with Crippen LogP contribution in [-0.2, 0) is 9.53 Å². The first kappa shape index (κ1) is 13.4. The molecule has 3 aliphatic rings. The quantitative estimate of drug-likeness (QED) is 0.829. The molecule has 1 spiro atoms. The molecule has 0 bridgehead atoms. The Hall–Kier alpha value is -0.610. The summed E-state index contributed by atoms with van der Waals surface area (Å²) in [5.41, 5.74) is 6.12. The molecule has 0 radical (unpaired) electrons. The van der Waals surface area contributed by atoms with E-state index in [1.807, 2.05) is 4.90 Å². The molecular weight excluding hydrogens is 240 g/mol. The summed E-state index contributed by atoms with van der Waals surface area (Å²) in [6, 6.07) is 0.155. The SMILES string of the molecule is NC1CCC(=O)N(CC2CCC3(CCCCC3)O2)C1. The van der Waals surface area contributed by atoms with E-state index in [0.717, 1.165) is 19.4 Å². The fourth-order valence-corrected chi connectivity index (χ4v) is 3.95. The number of nitrogens with zero attached hydrogens (tertiary/aromatic N) is 1. The molecule has 2 aliphatic heterocycles. The highest BCUT2D eigenvalue weighted by molar-refractivity contribution is 5.77. The van der Waals surface area contributed by atoms with Crippen LogP contribution in [0.1, 0.15) is 57.8 Å². The Balaban J connectivity index is 1.55. The van der Waals surface area contributed by atoms with Crippen molar-refractivity contribution in [1.82, 2.24) is 4.90 Å². The summed E-state index contributed by atoms with van der Waals surface area (Å²) in [4.78, 5) is 13.8. The second kappa shape index (κ2) is 5.41. The van der Waals surface area contributed by atoms with Gasteiger partial charge in [0.1, 0.15) is 0 Å². The maximum atomic E-state index is 11.9. The molecule has 0 aromatic rings. The molecular formula is C15H26N2O2. The second-order valence-electron chi connectivity index (χ2n) is 6.62. The van der Waals surface area contributed by atoms with Crippen molar-refractivity contribution in [3.8, 4) is 0 Å². The largest absolute Gasteiger partial charge is 0.370 e. The van der Waals surface area contributed by atoms with Gasteiger partial charge in [0.15, 0.2) is 0 Å². The van der Waals surface area contributed by atoms with E-state index in [0.29, 0.717) is 13.0 Å². The van der Waals surface area contributed by atoms with Crippen molar-refractivity contribution in [2.75, 3.05) is 13.1 Å². The molecule has 3 rings (SSSR count). The topological polar surface area (TPSA) is 55.6 Å². The number of amides is 1. The number of likely N-dealkylation sites (tertiary alicyclic amines) is 1. The molecule has 0 aromatic carbocycles. The average molecular weight is 266 g/mol. The molecule has 0 aromatic heterocycles. The number of rotatable bonds is 2. The third-order valence-corrected chi connectivity index (χ3v) is 5.06. The monoisotopic (exact) mass is 266 g/mol. The van der Waals surface area contributed by atoms with Crippen molar-refractivity contribution >= 4 is 5.91 Å². The third kappa shape index (κ3) is 2.95. The van der Waals surface area contributed by atoms with E-state index in [-0.39, 0.29) is 23.7 Å². The van der Waals surface area contributed by atoms with Gasteiger partial charge in [0, 0.05) is 25.6 Å². The Morgan fingerprint density at radius 1 is 1.21 bits per heavy atom. The highest BCUT2D eigenvalue weighted by Crippen LogP contribution is 2.42. The van der Waals surface area contributed by atoms with Gasteiger partial charge in [-0.15, -0.1) is 0 Å². The summed E-state index contributed by atoms with van der Waals surface area (Å²) in [7, 11) is 0. The molecule has 4 heteroatoms. The molecule has 2 saturated heterocycles. The van der Waals surface area contributed by atoms with Gasteiger partial charge in [-0.25, -0.2) is 0 Å². The molecule has 19 heavy (non-hydrogen) atoms. The first-order valence-corrected chi connectivity index (χ1v) is 7.88. The van der Waals surface area contributed by atoms with E-state index < -0.39 is 0 Å². The number of piperidine rings is 1. The van der Waals surface area contributed by atoms with Gasteiger partial charge in [-0.05, 0) is 32.1 Å². The number of hydrogen-bond acceptors (Lipinski definition) is 3. The molecule has 4 nitrogen and oxygen atoms in total. The van der Waals surface area contributed by atoms with Crippen molar-refractivity contribution in [3.63, 3.8) is 0 Å². The minimum absolute atomic E-state index is 0.155. The number of carbonyl (C=O) groups excluding carboxylic acids is 1. The number of nitrogens with two attached hydrogens (primary N) is 1. The Morgan fingerprint density at radius 3 is 2.79 bits per heavy atom. The van der Waals surface area contributed by atoms with Gasteiger partial charge < -0.3 is 15.4 Å². The van der Waals surface area contributed by atoms with E-state index in [4.69, 9.17) is 10.5 Å². The first-order valence-electron chi connectivity index (χ1n) is 7.88. The Kier molecular flexibility index (Phi) is 3.81. The van der Waals surface area contributed by atoms with Crippen molar-refractivity contribution in [2.45, 2.75) is 75.5 Å². The first-order chi connectivity index (χ1) is 9.17. The van der Waals surface area contributed by atoms with E-state index >= 15 is 0 Å². The molecule has 1 aliphatic carbocycles. The molecule has 3 fully saturated rings. The number of hydrogen-bond donors (Lipinski definition) is 1. The highest BCUT2D eigenvalue weighted by atomic mass is 16.5. The maximum absolute atomic E-state index is 11.9.